The molecular formula is C13H16O6. The zero-order chi connectivity index (χ0) is 13.8. The maximum absolute atomic E-state index is 11.7. The van der Waals surface area contributed by atoms with Gasteiger partial charge in [0.2, 0.25) is 0 Å². The highest BCUT2D eigenvalue weighted by molar-refractivity contribution is 5.89. The number of methoxy groups -OCH3 is 1. The second-order valence-corrected chi connectivity index (χ2v) is 4.22. The molecule has 1 fully saturated rings. The average Bonchev–Trinajstić information content (AvgIpc) is 2.73. The van der Waals surface area contributed by atoms with Crippen molar-refractivity contribution in [2.45, 2.75) is 24.6 Å². The zero-order valence-electron chi connectivity index (χ0n) is 10.4. The Labute approximate surface area is 110 Å². The van der Waals surface area contributed by atoms with E-state index < -0.39 is 30.6 Å². The Bertz CT molecular complexity index is 420. The molecule has 0 amide bonds. The first-order valence-electron chi connectivity index (χ1n) is 5.90. The number of ether oxygens (including phenoxy) is 3. The van der Waals surface area contributed by atoms with Gasteiger partial charge in [-0.1, -0.05) is 18.2 Å². The van der Waals surface area contributed by atoms with Gasteiger partial charge in [-0.05, 0) is 12.1 Å². The first kappa shape index (κ1) is 14.0. The molecule has 1 saturated heterocycles. The quantitative estimate of drug-likeness (QED) is 0.744. The van der Waals surface area contributed by atoms with Gasteiger partial charge in [-0.2, -0.15) is 0 Å². The highest BCUT2D eigenvalue weighted by Crippen LogP contribution is 2.22. The molecule has 1 aliphatic heterocycles. The molecule has 1 aliphatic rings. The Kier molecular flexibility index (Phi) is 4.49. The van der Waals surface area contributed by atoms with Crippen molar-refractivity contribution >= 4 is 5.97 Å². The monoisotopic (exact) mass is 268 g/mol. The molecule has 0 saturated carbocycles. The van der Waals surface area contributed by atoms with Crippen LogP contribution in [0.4, 0.5) is 0 Å². The van der Waals surface area contributed by atoms with Crippen molar-refractivity contribution < 1.29 is 29.2 Å². The van der Waals surface area contributed by atoms with Crippen LogP contribution in [0, 0.1) is 0 Å². The summed E-state index contributed by atoms with van der Waals surface area (Å²) < 4.78 is 15.1. The van der Waals surface area contributed by atoms with Gasteiger partial charge in [-0.3, -0.25) is 0 Å². The van der Waals surface area contributed by atoms with E-state index in [1.54, 1.807) is 30.3 Å². The lowest BCUT2D eigenvalue weighted by atomic mass is 10.1. The van der Waals surface area contributed by atoms with Crippen LogP contribution in [0.25, 0.3) is 0 Å². The third-order valence-electron chi connectivity index (χ3n) is 2.94. The van der Waals surface area contributed by atoms with Crippen LogP contribution in [0.1, 0.15) is 10.4 Å². The molecule has 1 heterocycles. The highest BCUT2D eigenvalue weighted by Gasteiger charge is 2.43. The summed E-state index contributed by atoms with van der Waals surface area (Å²) in [5.41, 5.74) is 0.416. The maximum Gasteiger partial charge on any atom is 0.338 e. The number of hydrogen-bond donors (Lipinski definition) is 2. The summed E-state index contributed by atoms with van der Waals surface area (Å²) in [5.74, 6) is -0.508. The fourth-order valence-electron chi connectivity index (χ4n) is 1.86. The van der Waals surface area contributed by atoms with E-state index in [1.165, 1.54) is 7.11 Å². The molecule has 6 nitrogen and oxygen atoms in total. The number of aliphatic hydroxyl groups excluding tert-OH is 2. The first-order chi connectivity index (χ1) is 9.13. The van der Waals surface area contributed by atoms with Crippen molar-refractivity contribution in [2.75, 3.05) is 13.7 Å². The first-order valence-corrected chi connectivity index (χ1v) is 5.90. The zero-order valence-corrected chi connectivity index (χ0v) is 10.4. The predicted octanol–water partition coefficient (Wildman–Crippen LogP) is -0.0635. The molecule has 0 spiro atoms. The van der Waals surface area contributed by atoms with Gasteiger partial charge in [-0.15, -0.1) is 0 Å². The molecule has 0 radical (unpaired) electrons. The van der Waals surface area contributed by atoms with E-state index in [0.717, 1.165) is 0 Å². The number of aliphatic hydroxyl groups is 2. The molecule has 6 heteroatoms. The van der Waals surface area contributed by atoms with Crippen molar-refractivity contribution in [1.29, 1.82) is 0 Å². The lowest BCUT2D eigenvalue weighted by molar-refractivity contribution is -0.153. The third kappa shape index (κ3) is 3.10. The van der Waals surface area contributed by atoms with Gasteiger partial charge in [0.25, 0.3) is 0 Å². The summed E-state index contributed by atoms with van der Waals surface area (Å²) >= 11 is 0. The van der Waals surface area contributed by atoms with Gasteiger partial charge < -0.3 is 24.4 Å². The summed E-state index contributed by atoms with van der Waals surface area (Å²) in [6, 6.07) is 8.49. The number of carbonyl (C=O) groups is 1. The molecule has 0 aliphatic carbocycles. The van der Waals surface area contributed by atoms with Gasteiger partial charge in [-0.25, -0.2) is 4.79 Å². The van der Waals surface area contributed by atoms with E-state index in [9.17, 15) is 15.0 Å². The normalized spacial score (nSPS) is 30.3. The van der Waals surface area contributed by atoms with Gasteiger partial charge in [0.05, 0.1) is 5.56 Å². The van der Waals surface area contributed by atoms with Crippen molar-refractivity contribution in [1.82, 2.24) is 0 Å². The second-order valence-electron chi connectivity index (χ2n) is 4.22. The van der Waals surface area contributed by atoms with Crippen LogP contribution in [0.2, 0.25) is 0 Å². The molecular weight excluding hydrogens is 252 g/mol. The van der Waals surface area contributed by atoms with Crippen LogP contribution in [0.3, 0.4) is 0 Å². The summed E-state index contributed by atoms with van der Waals surface area (Å²) in [6.45, 7) is -0.147. The Morgan fingerprint density at radius 3 is 2.53 bits per heavy atom. The van der Waals surface area contributed by atoms with Crippen molar-refractivity contribution in [3.8, 4) is 0 Å². The summed E-state index contributed by atoms with van der Waals surface area (Å²) in [7, 11) is 1.36. The summed E-state index contributed by atoms with van der Waals surface area (Å²) in [5, 5.41) is 19.3. The second kappa shape index (κ2) is 6.12. The van der Waals surface area contributed by atoms with Crippen molar-refractivity contribution in [3.05, 3.63) is 35.9 Å². The highest BCUT2D eigenvalue weighted by atomic mass is 16.7. The Balaban J connectivity index is 1.88. The van der Waals surface area contributed by atoms with Crippen LogP contribution in [0.5, 0.6) is 0 Å². The summed E-state index contributed by atoms with van der Waals surface area (Å²) in [6.07, 6.45) is -4.00. The Hall–Kier alpha value is -1.47. The van der Waals surface area contributed by atoms with E-state index in [-0.39, 0.29) is 6.61 Å². The number of esters is 1. The molecule has 104 valence electrons. The van der Waals surface area contributed by atoms with Crippen LogP contribution in [-0.2, 0) is 14.2 Å². The Morgan fingerprint density at radius 2 is 1.95 bits per heavy atom. The molecule has 2 rings (SSSR count). The molecule has 19 heavy (non-hydrogen) atoms. The van der Waals surface area contributed by atoms with Crippen molar-refractivity contribution in [2.24, 2.45) is 0 Å². The van der Waals surface area contributed by atoms with Crippen LogP contribution in [0.15, 0.2) is 30.3 Å². The topological polar surface area (TPSA) is 85.2 Å². The predicted molar refractivity (Wildman–Crippen MR) is 64.4 cm³/mol. The summed E-state index contributed by atoms with van der Waals surface area (Å²) in [4.78, 5) is 11.7. The molecule has 0 bridgehead atoms. The fraction of sp³-hybridized carbons (Fsp3) is 0.462. The van der Waals surface area contributed by atoms with Gasteiger partial charge in [0.15, 0.2) is 6.29 Å². The third-order valence-corrected chi connectivity index (χ3v) is 2.94. The molecule has 4 atom stereocenters. The standard InChI is InChI=1S/C13H16O6/c1-17-13-11(15)10(14)9(19-13)7-18-12(16)8-5-3-2-4-6-8/h2-6,9-11,13-15H,7H2,1H3/t9-,10+,11-,13-/m1/s1. The van der Waals surface area contributed by atoms with Crippen LogP contribution in [-0.4, -0.2) is 54.5 Å². The maximum atomic E-state index is 11.7. The number of hydrogen-bond acceptors (Lipinski definition) is 6. The van der Waals surface area contributed by atoms with Gasteiger partial charge in [0, 0.05) is 7.11 Å². The van der Waals surface area contributed by atoms with E-state index >= 15 is 0 Å². The Morgan fingerprint density at radius 1 is 1.26 bits per heavy atom. The molecule has 2 N–H and O–H groups in total. The van der Waals surface area contributed by atoms with Gasteiger partial charge >= 0.3 is 5.97 Å². The van der Waals surface area contributed by atoms with E-state index in [4.69, 9.17) is 14.2 Å². The van der Waals surface area contributed by atoms with Crippen LogP contribution < -0.4 is 0 Å². The molecule has 1 aromatic rings. The largest absolute Gasteiger partial charge is 0.459 e. The number of benzene rings is 1. The lowest BCUT2D eigenvalue weighted by Gasteiger charge is -2.14. The minimum atomic E-state index is -1.15. The fourth-order valence-corrected chi connectivity index (χ4v) is 1.86. The minimum absolute atomic E-state index is 0.147. The number of rotatable bonds is 4. The van der Waals surface area contributed by atoms with E-state index in [1.807, 2.05) is 0 Å². The SMILES string of the molecule is CO[C@@H]1O[C@H](COC(=O)c2ccccc2)[C@H](O)[C@H]1O. The van der Waals surface area contributed by atoms with Crippen molar-refractivity contribution in [3.63, 3.8) is 0 Å². The smallest absolute Gasteiger partial charge is 0.338 e. The van der Waals surface area contributed by atoms with E-state index in [2.05, 4.69) is 0 Å². The average molecular weight is 268 g/mol. The van der Waals surface area contributed by atoms with E-state index in [0.29, 0.717) is 5.56 Å². The lowest BCUT2D eigenvalue weighted by Crippen LogP contribution is -2.35. The molecule has 1 aromatic carbocycles. The van der Waals surface area contributed by atoms with Gasteiger partial charge in [0.1, 0.15) is 24.9 Å². The van der Waals surface area contributed by atoms with Crippen LogP contribution >= 0.6 is 0 Å². The molecule has 0 aromatic heterocycles. The minimum Gasteiger partial charge on any atom is -0.459 e. The molecule has 0 unspecified atom stereocenters. The number of carbonyl (C=O) groups excluding carboxylic acids is 1.